The van der Waals surface area contributed by atoms with E-state index in [4.69, 9.17) is 10.5 Å². The highest BCUT2D eigenvalue weighted by Crippen LogP contribution is 2.38. The number of alkyl halides is 7. The molecule has 3 heterocycles. The third-order valence-electron chi connectivity index (χ3n) is 4.47. The molecular weight excluding hydrogens is 435 g/mol. The Morgan fingerprint density at radius 1 is 1.27 bits per heavy atom. The molecule has 1 aliphatic heterocycles. The number of aromatic nitrogens is 4. The maximum Gasteiger partial charge on any atom is 0.417 e. The monoisotopic (exact) mass is 449 g/mol. The van der Waals surface area contributed by atoms with Gasteiger partial charge >= 0.3 is 18.0 Å². The SMILES string of the molecule is Nc1ncc2c(n1)n([C@@H]1O[C@H](C(O)C(F)(F)F)[C@H](F)[C@H]1O)c(=O)n2CCC(F)(F)F. The van der Waals surface area contributed by atoms with E-state index in [1.165, 1.54) is 0 Å². The molecule has 1 aliphatic rings. The quantitative estimate of drug-likeness (QED) is 0.585. The molecule has 1 fully saturated rings. The van der Waals surface area contributed by atoms with Crippen molar-refractivity contribution in [1.29, 1.82) is 0 Å². The van der Waals surface area contributed by atoms with Gasteiger partial charge in [0.2, 0.25) is 5.95 Å². The fraction of sp³-hybridized carbons (Fsp3) is 0.643. The van der Waals surface area contributed by atoms with E-state index in [0.717, 1.165) is 6.20 Å². The number of aryl methyl sites for hydroxylation is 1. The first-order valence-electron chi connectivity index (χ1n) is 8.24. The van der Waals surface area contributed by atoms with Crippen molar-refractivity contribution in [1.82, 2.24) is 19.1 Å². The van der Waals surface area contributed by atoms with E-state index in [2.05, 4.69) is 9.97 Å². The fourth-order valence-electron chi connectivity index (χ4n) is 3.07. The van der Waals surface area contributed by atoms with Crippen molar-refractivity contribution in [2.45, 2.75) is 56.0 Å². The van der Waals surface area contributed by atoms with Crippen molar-refractivity contribution >= 4 is 17.1 Å². The molecule has 1 unspecified atom stereocenters. The molecule has 0 amide bonds. The Morgan fingerprint density at radius 2 is 1.90 bits per heavy atom. The van der Waals surface area contributed by atoms with Crippen molar-refractivity contribution in [2.75, 3.05) is 5.73 Å². The average molecular weight is 449 g/mol. The zero-order valence-corrected chi connectivity index (χ0v) is 14.6. The molecular formula is C14H14F7N5O4. The lowest BCUT2D eigenvalue weighted by Crippen LogP contribution is -2.44. The topological polar surface area (TPSA) is 128 Å². The van der Waals surface area contributed by atoms with Crippen LogP contribution in [0, 0.1) is 0 Å². The molecule has 0 aromatic carbocycles. The van der Waals surface area contributed by atoms with Gasteiger partial charge in [0, 0.05) is 6.54 Å². The third kappa shape index (κ3) is 3.93. The molecule has 5 atom stereocenters. The highest BCUT2D eigenvalue weighted by Gasteiger charge is 2.56. The van der Waals surface area contributed by atoms with Crippen LogP contribution in [0.3, 0.4) is 0 Å². The molecule has 9 nitrogen and oxygen atoms in total. The Balaban J connectivity index is 2.08. The molecule has 0 radical (unpaired) electrons. The Kier molecular flexibility index (Phi) is 5.44. The molecule has 30 heavy (non-hydrogen) atoms. The van der Waals surface area contributed by atoms with E-state index in [9.17, 15) is 45.7 Å². The number of nitrogens with two attached hydrogens (primary N) is 1. The maximum absolute atomic E-state index is 14.3. The first kappa shape index (κ1) is 22.2. The van der Waals surface area contributed by atoms with Crippen LogP contribution in [0.2, 0.25) is 0 Å². The van der Waals surface area contributed by atoms with Crippen molar-refractivity contribution in [3.63, 3.8) is 0 Å². The molecule has 3 rings (SSSR count). The van der Waals surface area contributed by atoms with E-state index in [1.807, 2.05) is 0 Å². The van der Waals surface area contributed by atoms with E-state index in [1.54, 1.807) is 0 Å². The summed E-state index contributed by atoms with van der Waals surface area (Å²) in [6.45, 7) is -0.921. The highest BCUT2D eigenvalue weighted by molar-refractivity contribution is 5.71. The standard InChI is InChI=1S/C14H14F7N5O4/c15-5-6(27)10(30-7(5)8(28)14(19,20)21)26-9-4(3-23-11(22)24-9)25(12(26)29)2-1-13(16,17)18/h3,5-8,10,27-28H,1-2H2,(H2,22,23,24)/t5-,6-,7+,8?,10-/m1/s1. The number of ether oxygens (including phenoxy) is 1. The van der Waals surface area contributed by atoms with Gasteiger partial charge in [0.15, 0.2) is 24.2 Å². The third-order valence-corrected chi connectivity index (χ3v) is 4.47. The normalized spacial score (nSPS) is 26.4. The zero-order chi connectivity index (χ0) is 22.6. The number of hydrogen-bond donors (Lipinski definition) is 3. The number of anilines is 1. The lowest BCUT2D eigenvalue weighted by molar-refractivity contribution is -0.241. The summed E-state index contributed by atoms with van der Waals surface area (Å²) in [5, 5.41) is 19.3. The Hall–Kier alpha value is -2.46. The van der Waals surface area contributed by atoms with Gasteiger partial charge in [-0.25, -0.2) is 18.7 Å². The van der Waals surface area contributed by atoms with Gasteiger partial charge in [-0.05, 0) is 0 Å². The minimum Gasteiger partial charge on any atom is -0.385 e. The highest BCUT2D eigenvalue weighted by atomic mass is 19.4. The molecule has 2 aromatic rings. The summed E-state index contributed by atoms with van der Waals surface area (Å²) < 4.78 is 95.9. The maximum atomic E-state index is 14.3. The summed E-state index contributed by atoms with van der Waals surface area (Å²) >= 11 is 0. The lowest BCUT2D eigenvalue weighted by atomic mass is 10.1. The summed E-state index contributed by atoms with van der Waals surface area (Å²) in [4.78, 5) is 19.9. The first-order valence-corrected chi connectivity index (χ1v) is 8.24. The second kappa shape index (κ2) is 7.35. The fourth-order valence-corrected chi connectivity index (χ4v) is 3.07. The van der Waals surface area contributed by atoms with Crippen molar-refractivity contribution < 1.29 is 45.7 Å². The van der Waals surface area contributed by atoms with Gasteiger partial charge in [0.25, 0.3) is 0 Å². The number of hydrogen-bond acceptors (Lipinski definition) is 7. The van der Waals surface area contributed by atoms with Gasteiger partial charge in [-0.2, -0.15) is 31.3 Å². The van der Waals surface area contributed by atoms with Crippen LogP contribution in [-0.2, 0) is 11.3 Å². The van der Waals surface area contributed by atoms with Crippen LogP contribution in [0.5, 0.6) is 0 Å². The average Bonchev–Trinajstić information content (AvgIpc) is 3.04. The summed E-state index contributed by atoms with van der Waals surface area (Å²) in [6, 6.07) is 0. The Bertz CT molecular complexity index is 988. The van der Waals surface area contributed by atoms with Crippen LogP contribution in [0.25, 0.3) is 11.2 Å². The molecule has 4 N–H and O–H groups in total. The number of fused-ring (bicyclic) bond motifs is 1. The van der Waals surface area contributed by atoms with Crippen LogP contribution in [0.4, 0.5) is 36.7 Å². The molecule has 168 valence electrons. The summed E-state index contributed by atoms with van der Waals surface area (Å²) in [5.74, 6) is -0.458. The molecule has 0 saturated carbocycles. The summed E-state index contributed by atoms with van der Waals surface area (Å²) in [5.41, 5.74) is 3.32. The number of aliphatic hydroxyl groups is 2. The van der Waals surface area contributed by atoms with Crippen molar-refractivity contribution in [3.8, 4) is 0 Å². The second-order valence-electron chi connectivity index (χ2n) is 6.52. The largest absolute Gasteiger partial charge is 0.417 e. The number of nitrogen functional groups attached to an aromatic ring is 1. The number of imidazole rings is 1. The second-order valence-corrected chi connectivity index (χ2v) is 6.52. The van der Waals surface area contributed by atoms with Crippen LogP contribution >= 0.6 is 0 Å². The minimum absolute atomic E-state index is 0.301. The van der Waals surface area contributed by atoms with Gasteiger partial charge in [0.05, 0.1) is 12.6 Å². The predicted octanol–water partition coefficient (Wildman–Crippen LogP) is 0.647. The number of halogens is 7. The van der Waals surface area contributed by atoms with E-state index in [0.29, 0.717) is 9.13 Å². The number of rotatable bonds is 4. The van der Waals surface area contributed by atoms with E-state index < -0.39 is 73.3 Å². The van der Waals surface area contributed by atoms with Crippen LogP contribution in [0.15, 0.2) is 11.0 Å². The van der Waals surface area contributed by atoms with Crippen molar-refractivity contribution in [3.05, 3.63) is 16.7 Å². The smallest absolute Gasteiger partial charge is 0.385 e. The van der Waals surface area contributed by atoms with E-state index in [-0.39, 0.29) is 5.52 Å². The van der Waals surface area contributed by atoms with Crippen LogP contribution in [-0.4, -0.2) is 66.2 Å². The van der Waals surface area contributed by atoms with E-state index >= 15 is 0 Å². The minimum atomic E-state index is -5.30. The molecule has 16 heteroatoms. The van der Waals surface area contributed by atoms with Crippen molar-refractivity contribution in [2.24, 2.45) is 0 Å². The summed E-state index contributed by atoms with van der Waals surface area (Å²) in [7, 11) is 0. The zero-order valence-electron chi connectivity index (χ0n) is 14.6. The van der Waals surface area contributed by atoms with Gasteiger partial charge in [-0.1, -0.05) is 0 Å². The molecule has 0 spiro atoms. The molecule has 1 saturated heterocycles. The molecule has 0 aliphatic carbocycles. The Morgan fingerprint density at radius 3 is 2.47 bits per heavy atom. The first-order chi connectivity index (χ1) is 13.7. The molecule has 2 aromatic heterocycles. The molecule has 0 bridgehead atoms. The van der Waals surface area contributed by atoms with Gasteiger partial charge in [0.1, 0.15) is 17.7 Å². The lowest BCUT2D eigenvalue weighted by Gasteiger charge is -2.22. The van der Waals surface area contributed by atoms with Gasteiger partial charge in [-0.15, -0.1) is 0 Å². The Labute approximate surface area is 161 Å². The number of nitrogens with zero attached hydrogens (tertiary/aromatic N) is 4. The summed E-state index contributed by atoms with van der Waals surface area (Å²) in [6.07, 6.45) is -23.7. The number of aliphatic hydroxyl groups excluding tert-OH is 2. The predicted molar refractivity (Wildman–Crippen MR) is 83.7 cm³/mol. The van der Waals surface area contributed by atoms with Gasteiger partial charge in [-0.3, -0.25) is 4.57 Å². The van der Waals surface area contributed by atoms with Gasteiger partial charge < -0.3 is 20.7 Å². The van der Waals surface area contributed by atoms with Crippen LogP contribution in [0.1, 0.15) is 12.6 Å². The van der Waals surface area contributed by atoms with Crippen LogP contribution < -0.4 is 11.4 Å².